The molecule has 1 heterocycles. The molecule has 0 aliphatic carbocycles. The molecule has 8 heteroatoms. The third kappa shape index (κ3) is 5.13. The highest BCUT2D eigenvalue weighted by Gasteiger charge is 2.24. The van der Waals surface area contributed by atoms with Crippen LogP contribution in [-0.2, 0) is 16.6 Å². The predicted octanol–water partition coefficient (Wildman–Crippen LogP) is 3.97. The Morgan fingerprint density at radius 2 is 1.55 bits per heavy atom. The molecule has 3 aromatic carbocycles. The van der Waals surface area contributed by atoms with Gasteiger partial charge >= 0.3 is 0 Å². The lowest BCUT2D eigenvalue weighted by molar-refractivity contribution is 0.405. The summed E-state index contributed by atoms with van der Waals surface area (Å²) in [6, 6.07) is 20.6. The Morgan fingerprint density at radius 3 is 2.33 bits per heavy atom. The van der Waals surface area contributed by atoms with Gasteiger partial charge in [0.15, 0.2) is 0 Å². The molecule has 4 rings (SSSR count). The van der Waals surface area contributed by atoms with E-state index in [1.807, 2.05) is 68.7 Å². The highest BCUT2D eigenvalue weighted by atomic mass is 32.2. The molecule has 0 unspecified atom stereocenters. The number of fused-ring (bicyclic) bond motifs is 2. The lowest BCUT2D eigenvalue weighted by Crippen LogP contribution is -2.27. The topological polar surface area (TPSA) is 78.4 Å². The summed E-state index contributed by atoms with van der Waals surface area (Å²) >= 11 is 0. The Balaban J connectivity index is 1.62. The number of nitrogens with one attached hydrogen (secondary N) is 1. The van der Waals surface area contributed by atoms with Gasteiger partial charge < -0.3 is 10.2 Å². The second-order valence-corrected chi connectivity index (χ2v) is 10.3. The van der Waals surface area contributed by atoms with Crippen molar-refractivity contribution in [3.63, 3.8) is 0 Å². The van der Waals surface area contributed by atoms with Crippen LogP contribution in [0.4, 0.5) is 5.82 Å². The molecule has 0 fully saturated rings. The van der Waals surface area contributed by atoms with Gasteiger partial charge in [0.25, 0.3) is 0 Å². The maximum Gasteiger partial charge on any atom is 0.243 e. The maximum atomic E-state index is 13.4. The number of rotatable bonds is 9. The molecule has 7 nitrogen and oxygen atoms in total. The van der Waals surface area contributed by atoms with Crippen molar-refractivity contribution in [2.24, 2.45) is 0 Å². The maximum absolute atomic E-state index is 13.4. The van der Waals surface area contributed by atoms with Crippen LogP contribution in [0.5, 0.6) is 0 Å². The Kier molecular flexibility index (Phi) is 6.88. The molecule has 0 saturated carbocycles. The molecular weight excluding hydrogens is 434 g/mol. The van der Waals surface area contributed by atoms with E-state index in [1.165, 1.54) is 4.31 Å². The van der Waals surface area contributed by atoms with Gasteiger partial charge in [0.05, 0.1) is 17.0 Å². The van der Waals surface area contributed by atoms with Gasteiger partial charge in [-0.05, 0) is 50.6 Å². The molecule has 0 aliphatic heterocycles. The van der Waals surface area contributed by atoms with Gasteiger partial charge in [-0.15, -0.1) is 0 Å². The molecule has 0 saturated heterocycles. The first-order valence-electron chi connectivity index (χ1n) is 10.9. The summed E-state index contributed by atoms with van der Waals surface area (Å²) in [5.41, 5.74) is 0.786. The van der Waals surface area contributed by atoms with E-state index in [2.05, 4.69) is 20.2 Å². The second-order valence-electron chi connectivity index (χ2n) is 8.33. The standard InChI is InChI=1S/C25H29N5O2S/c1-29(2)17-9-16-26-25-21-13-6-7-14-22(21)27-24(28-25)18-30(3)33(31,32)23-15-8-11-19-10-4-5-12-20(19)23/h4-8,10-15H,9,16-18H2,1-3H3,(H,26,27,28). The third-order valence-electron chi connectivity index (χ3n) is 5.53. The fraction of sp³-hybridized carbons (Fsp3) is 0.280. The Hall–Kier alpha value is -3.07. The average molecular weight is 464 g/mol. The lowest BCUT2D eigenvalue weighted by atomic mass is 10.1. The highest BCUT2D eigenvalue weighted by Crippen LogP contribution is 2.26. The molecule has 33 heavy (non-hydrogen) atoms. The largest absolute Gasteiger partial charge is 0.369 e. The van der Waals surface area contributed by atoms with Crippen LogP contribution in [0.25, 0.3) is 21.7 Å². The summed E-state index contributed by atoms with van der Waals surface area (Å²) in [5, 5.41) is 5.92. The quantitative estimate of drug-likeness (QED) is 0.379. The Morgan fingerprint density at radius 1 is 0.848 bits per heavy atom. The number of aromatic nitrogens is 2. The number of sulfonamides is 1. The number of nitrogens with zero attached hydrogens (tertiary/aromatic N) is 4. The summed E-state index contributed by atoms with van der Waals surface area (Å²) in [6.07, 6.45) is 0.968. The zero-order valence-corrected chi connectivity index (χ0v) is 20.0. The Bertz CT molecular complexity index is 1370. The highest BCUT2D eigenvalue weighted by molar-refractivity contribution is 7.89. The van der Waals surface area contributed by atoms with Crippen molar-refractivity contribution in [2.75, 3.05) is 39.5 Å². The molecule has 0 aliphatic rings. The minimum absolute atomic E-state index is 0.0722. The van der Waals surface area contributed by atoms with Crippen molar-refractivity contribution < 1.29 is 8.42 Å². The molecule has 0 spiro atoms. The molecule has 1 N–H and O–H groups in total. The van der Waals surface area contributed by atoms with Crippen LogP contribution in [0.1, 0.15) is 12.2 Å². The SMILES string of the molecule is CN(C)CCCNc1nc(CN(C)S(=O)(=O)c2cccc3ccccc23)nc2ccccc12. The molecule has 1 aromatic heterocycles. The lowest BCUT2D eigenvalue weighted by Gasteiger charge is -2.19. The number of hydrogen-bond donors (Lipinski definition) is 1. The monoisotopic (exact) mass is 463 g/mol. The van der Waals surface area contributed by atoms with E-state index in [9.17, 15) is 8.42 Å². The fourth-order valence-corrected chi connectivity index (χ4v) is 5.14. The number of benzene rings is 3. The number of hydrogen-bond acceptors (Lipinski definition) is 6. The van der Waals surface area contributed by atoms with Gasteiger partial charge in [-0.3, -0.25) is 0 Å². The summed E-state index contributed by atoms with van der Waals surface area (Å²) in [5.74, 6) is 1.18. The van der Waals surface area contributed by atoms with Crippen molar-refractivity contribution in [3.05, 3.63) is 72.6 Å². The van der Waals surface area contributed by atoms with Gasteiger partial charge in [-0.25, -0.2) is 18.4 Å². The smallest absolute Gasteiger partial charge is 0.243 e. The second kappa shape index (κ2) is 9.82. The summed E-state index contributed by atoms with van der Waals surface area (Å²) in [4.78, 5) is 11.7. The van der Waals surface area contributed by atoms with Crippen molar-refractivity contribution >= 4 is 37.5 Å². The van der Waals surface area contributed by atoms with Crippen LogP contribution in [0.2, 0.25) is 0 Å². The first-order chi connectivity index (χ1) is 15.9. The van der Waals surface area contributed by atoms with E-state index in [0.29, 0.717) is 11.2 Å². The molecule has 0 radical (unpaired) electrons. The summed E-state index contributed by atoms with van der Waals surface area (Å²) < 4.78 is 28.2. The van der Waals surface area contributed by atoms with Gasteiger partial charge in [0.2, 0.25) is 10.0 Å². The minimum Gasteiger partial charge on any atom is -0.369 e. The minimum atomic E-state index is -3.73. The van der Waals surface area contributed by atoms with E-state index >= 15 is 0 Å². The van der Waals surface area contributed by atoms with Crippen LogP contribution in [0, 0.1) is 0 Å². The van der Waals surface area contributed by atoms with Crippen LogP contribution in [0.15, 0.2) is 71.6 Å². The molecule has 0 bridgehead atoms. The molecule has 0 amide bonds. The zero-order chi connectivity index (χ0) is 23.4. The molecule has 4 aromatic rings. The zero-order valence-electron chi connectivity index (χ0n) is 19.2. The third-order valence-corrected chi connectivity index (χ3v) is 7.39. The van der Waals surface area contributed by atoms with Crippen molar-refractivity contribution in [1.82, 2.24) is 19.2 Å². The van der Waals surface area contributed by atoms with E-state index in [-0.39, 0.29) is 11.4 Å². The van der Waals surface area contributed by atoms with Gasteiger partial charge in [-0.2, -0.15) is 4.31 Å². The van der Waals surface area contributed by atoms with Crippen LogP contribution >= 0.6 is 0 Å². The van der Waals surface area contributed by atoms with Gasteiger partial charge in [-0.1, -0.05) is 48.5 Å². The Labute approximate surface area is 195 Å². The predicted molar refractivity (Wildman–Crippen MR) is 134 cm³/mol. The first kappa shape index (κ1) is 23.1. The van der Waals surface area contributed by atoms with Crippen molar-refractivity contribution in [2.45, 2.75) is 17.9 Å². The summed E-state index contributed by atoms with van der Waals surface area (Å²) in [6.45, 7) is 1.81. The van der Waals surface area contributed by atoms with E-state index in [1.54, 1.807) is 19.2 Å². The van der Waals surface area contributed by atoms with E-state index in [4.69, 9.17) is 0 Å². The van der Waals surface area contributed by atoms with Crippen LogP contribution in [-0.4, -0.2) is 61.8 Å². The number of anilines is 1. The average Bonchev–Trinajstić information content (AvgIpc) is 2.81. The van der Waals surface area contributed by atoms with Crippen LogP contribution < -0.4 is 5.32 Å². The fourth-order valence-electron chi connectivity index (χ4n) is 3.80. The van der Waals surface area contributed by atoms with Crippen molar-refractivity contribution in [3.8, 4) is 0 Å². The van der Waals surface area contributed by atoms with E-state index < -0.39 is 10.0 Å². The summed E-state index contributed by atoms with van der Waals surface area (Å²) in [7, 11) is 1.93. The first-order valence-corrected chi connectivity index (χ1v) is 12.4. The van der Waals surface area contributed by atoms with E-state index in [0.717, 1.165) is 41.6 Å². The van der Waals surface area contributed by atoms with Crippen molar-refractivity contribution in [1.29, 1.82) is 0 Å². The number of para-hydroxylation sites is 1. The molecule has 172 valence electrons. The van der Waals surface area contributed by atoms with Gasteiger partial charge in [0, 0.05) is 24.4 Å². The normalized spacial score (nSPS) is 12.2. The van der Waals surface area contributed by atoms with Gasteiger partial charge in [0.1, 0.15) is 11.6 Å². The molecule has 0 atom stereocenters. The molecular formula is C25H29N5O2S. The van der Waals surface area contributed by atoms with Crippen LogP contribution in [0.3, 0.4) is 0 Å².